The molecule has 0 aromatic heterocycles. The molecule has 1 aromatic rings. The number of hydrogen-bond acceptors (Lipinski definition) is 3. The molecular formula is C16H23NO3. The van der Waals surface area contributed by atoms with Crippen molar-refractivity contribution in [2.24, 2.45) is 11.3 Å². The fourth-order valence-corrected chi connectivity index (χ4v) is 2.13. The number of aliphatic hydroxyl groups excluding tert-OH is 1. The molecule has 1 aromatic carbocycles. The topological polar surface area (TPSA) is 58.6 Å². The number of amides is 1. The lowest BCUT2D eigenvalue weighted by Gasteiger charge is -2.29. The highest BCUT2D eigenvalue weighted by molar-refractivity contribution is 5.95. The van der Waals surface area contributed by atoms with Crippen LogP contribution in [0.5, 0.6) is 5.75 Å². The third-order valence-corrected chi connectivity index (χ3v) is 4.08. The van der Waals surface area contributed by atoms with Gasteiger partial charge in [-0.15, -0.1) is 0 Å². The molecule has 1 amide bonds. The van der Waals surface area contributed by atoms with Crippen molar-refractivity contribution in [3.05, 3.63) is 23.8 Å². The molecule has 0 aliphatic carbocycles. The van der Waals surface area contributed by atoms with Crippen LogP contribution in [0.4, 0.5) is 5.69 Å². The summed E-state index contributed by atoms with van der Waals surface area (Å²) in [6, 6.07) is 5.46. The van der Waals surface area contributed by atoms with E-state index in [9.17, 15) is 9.90 Å². The first-order valence-electron chi connectivity index (χ1n) is 7.02. The van der Waals surface area contributed by atoms with E-state index in [0.29, 0.717) is 23.8 Å². The van der Waals surface area contributed by atoms with Crippen LogP contribution in [0.15, 0.2) is 18.2 Å². The van der Waals surface area contributed by atoms with Gasteiger partial charge in [0.05, 0.1) is 11.8 Å². The molecule has 0 fully saturated rings. The fraction of sp³-hybridized carbons (Fsp3) is 0.562. The Morgan fingerprint density at radius 2 is 2.10 bits per heavy atom. The third kappa shape index (κ3) is 3.31. The lowest BCUT2D eigenvalue weighted by Crippen LogP contribution is -2.25. The van der Waals surface area contributed by atoms with Gasteiger partial charge in [-0.3, -0.25) is 4.79 Å². The van der Waals surface area contributed by atoms with E-state index in [2.05, 4.69) is 33.0 Å². The zero-order valence-corrected chi connectivity index (χ0v) is 12.6. The zero-order valence-electron chi connectivity index (χ0n) is 12.6. The maximum atomic E-state index is 11.3. The Hall–Kier alpha value is -1.55. The summed E-state index contributed by atoms with van der Waals surface area (Å²) in [6.07, 6.45) is 0.158. The quantitative estimate of drug-likeness (QED) is 0.892. The number of ether oxygens (including phenoxy) is 1. The second kappa shape index (κ2) is 5.44. The van der Waals surface area contributed by atoms with Crippen molar-refractivity contribution in [2.75, 3.05) is 11.9 Å². The molecule has 4 heteroatoms. The standard InChI is InChI=1S/C16H23NO3/c1-10(16(2,3)4)7-13(18)11-5-6-14-12(8-11)17-15(19)9-20-14/h5-6,8,10,13,18H,7,9H2,1-4H3,(H,17,19). The number of nitrogens with one attached hydrogen (secondary N) is 1. The van der Waals surface area contributed by atoms with Gasteiger partial charge < -0.3 is 15.2 Å². The lowest BCUT2D eigenvalue weighted by atomic mass is 9.78. The van der Waals surface area contributed by atoms with Gasteiger partial charge in [-0.05, 0) is 35.4 Å². The van der Waals surface area contributed by atoms with Crippen molar-refractivity contribution in [1.29, 1.82) is 0 Å². The smallest absolute Gasteiger partial charge is 0.262 e. The predicted octanol–water partition coefficient (Wildman–Crippen LogP) is 3.12. The van der Waals surface area contributed by atoms with E-state index in [1.54, 1.807) is 12.1 Å². The molecule has 2 N–H and O–H groups in total. The van der Waals surface area contributed by atoms with Crippen molar-refractivity contribution < 1.29 is 14.6 Å². The minimum absolute atomic E-state index is 0.0515. The Morgan fingerprint density at radius 3 is 2.75 bits per heavy atom. The van der Waals surface area contributed by atoms with Gasteiger partial charge in [0.15, 0.2) is 6.61 Å². The number of carbonyl (C=O) groups is 1. The Balaban J connectivity index is 2.13. The molecule has 1 aliphatic heterocycles. The van der Waals surface area contributed by atoms with Crippen LogP contribution >= 0.6 is 0 Å². The molecule has 20 heavy (non-hydrogen) atoms. The van der Waals surface area contributed by atoms with Gasteiger partial charge in [-0.1, -0.05) is 33.8 Å². The number of carbonyl (C=O) groups excluding carboxylic acids is 1. The summed E-state index contributed by atoms with van der Waals surface area (Å²) in [7, 11) is 0. The summed E-state index contributed by atoms with van der Waals surface area (Å²) in [5.41, 5.74) is 1.61. The van der Waals surface area contributed by atoms with Crippen molar-refractivity contribution in [3.8, 4) is 5.75 Å². The number of fused-ring (bicyclic) bond motifs is 1. The molecule has 0 saturated carbocycles. The maximum absolute atomic E-state index is 11.3. The van der Waals surface area contributed by atoms with Crippen molar-refractivity contribution in [2.45, 2.75) is 40.2 Å². The molecule has 0 spiro atoms. The molecule has 2 atom stereocenters. The van der Waals surface area contributed by atoms with Gasteiger partial charge in [0.25, 0.3) is 5.91 Å². The SMILES string of the molecule is CC(CC(O)c1ccc2c(c1)NC(=O)CO2)C(C)(C)C. The van der Waals surface area contributed by atoms with Crippen LogP contribution < -0.4 is 10.1 Å². The van der Waals surface area contributed by atoms with E-state index >= 15 is 0 Å². The van der Waals surface area contributed by atoms with Gasteiger partial charge in [0.1, 0.15) is 5.75 Å². The predicted molar refractivity (Wildman–Crippen MR) is 78.8 cm³/mol. The van der Waals surface area contributed by atoms with Gasteiger partial charge in [-0.2, -0.15) is 0 Å². The highest BCUT2D eigenvalue weighted by Gasteiger charge is 2.24. The number of benzene rings is 1. The number of anilines is 1. The molecule has 0 bridgehead atoms. The fourth-order valence-electron chi connectivity index (χ4n) is 2.13. The minimum Gasteiger partial charge on any atom is -0.482 e. The third-order valence-electron chi connectivity index (χ3n) is 4.08. The lowest BCUT2D eigenvalue weighted by molar-refractivity contribution is -0.118. The van der Waals surface area contributed by atoms with E-state index in [1.807, 2.05) is 6.07 Å². The van der Waals surface area contributed by atoms with E-state index in [1.165, 1.54) is 0 Å². The van der Waals surface area contributed by atoms with Crippen molar-refractivity contribution in [3.63, 3.8) is 0 Å². The first-order chi connectivity index (χ1) is 9.27. The van der Waals surface area contributed by atoms with Crippen molar-refractivity contribution >= 4 is 11.6 Å². The van der Waals surface area contributed by atoms with E-state index in [0.717, 1.165) is 5.56 Å². The zero-order chi connectivity index (χ0) is 14.9. The largest absolute Gasteiger partial charge is 0.482 e. The first kappa shape index (κ1) is 14.9. The van der Waals surface area contributed by atoms with Gasteiger partial charge >= 0.3 is 0 Å². The second-order valence-corrected chi connectivity index (χ2v) is 6.61. The molecule has 110 valence electrons. The summed E-state index contributed by atoms with van der Waals surface area (Å²) in [5.74, 6) is 0.885. The monoisotopic (exact) mass is 277 g/mol. The van der Waals surface area contributed by atoms with Gasteiger partial charge in [-0.25, -0.2) is 0 Å². The van der Waals surface area contributed by atoms with Crippen molar-refractivity contribution in [1.82, 2.24) is 0 Å². The van der Waals surface area contributed by atoms with Crippen LogP contribution in [-0.4, -0.2) is 17.6 Å². The average molecular weight is 277 g/mol. The summed E-state index contributed by atoms with van der Waals surface area (Å²) in [4.78, 5) is 11.3. The summed E-state index contributed by atoms with van der Waals surface area (Å²) >= 11 is 0. The van der Waals surface area contributed by atoms with Crippen LogP contribution in [0, 0.1) is 11.3 Å². The highest BCUT2D eigenvalue weighted by atomic mass is 16.5. The molecule has 0 radical (unpaired) electrons. The highest BCUT2D eigenvalue weighted by Crippen LogP contribution is 2.36. The number of hydrogen-bond donors (Lipinski definition) is 2. The van der Waals surface area contributed by atoms with E-state index in [4.69, 9.17) is 4.74 Å². The Labute approximate surface area is 120 Å². The van der Waals surface area contributed by atoms with E-state index < -0.39 is 6.10 Å². The van der Waals surface area contributed by atoms with Crippen LogP contribution in [0.1, 0.15) is 45.8 Å². The molecule has 1 aliphatic rings. The normalized spacial score (nSPS) is 17.8. The second-order valence-electron chi connectivity index (χ2n) is 6.61. The number of aliphatic hydroxyl groups is 1. The molecule has 2 unspecified atom stereocenters. The first-order valence-corrected chi connectivity index (χ1v) is 7.02. The maximum Gasteiger partial charge on any atom is 0.262 e. The Kier molecular flexibility index (Phi) is 4.04. The Morgan fingerprint density at radius 1 is 1.40 bits per heavy atom. The molecule has 1 heterocycles. The van der Waals surface area contributed by atoms with Crippen LogP contribution in [0.25, 0.3) is 0 Å². The summed E-state index contributed by atoms with van der Waals surface area (Å²) < 4.78 is 5.31. The number of rotatable bonds is 3. The summed E-state index contributed by atoms with van der Waals surface area (Å²) in [6.45, 7) is 8.71. The van der Waals surface area contributed by atoms with Gasteiger partial charge in [0.2, 0.25) is 0 Å². The molecule has 0 saturated heterocycles. The van der Waals surface area contributed by atoms with E-state index in [-0.39, 0.29) is 17.9 Å². The van der Waals surface area contributed by atoms with Crippen LogP contribution in [-0.2, 0) is 4.79 Å². The van der Waals surface area contributed by atoms with Crippen LogP contribution in [0.3, 0.4) is 0 Å². The van der Waals surface area contributed by atoms with Crippen LogP contribution in [0.2, 0.25) is 0 Å². The Bertz CT molecular complexity index is 505. The minimum atomic E-state index is -0.534. The average Bonchev–Trinajstić information content (AvgIpc) is 2.36. The van der Waals surface area contributed by atoms with Gasteiger partial charge in [0, 0.05) is 0 Å². The molecule has 2 rings (SSSR count). The molecular weight excluding hydrogens is 254 g/mol. The summed E-state index contributed by atoms with van der Waals surface area (Å²) in [5, 5.41) is 13.1. The molecule has 4 nitrogen and oxygen atoms in total.